The summed E-state index contributed by atoms with van der Waals surface area (Å²) in [5, 5.41) is 14.0. The Morgan fingerprint density at radius 3 is 2.71 bits per heavy atom. The Kier molecular flexibility index (Phi) is 7.93. The number of aliphatic hydroxyl groups is 1. The number of carbonyl (C=O) groups excluding carboxylic acids is 1. The highest BCUT2D eigenvalue weighted by atomic mass is 16.5. The molecule has 0 unspecified atom stereocenters. The van der Waals surface area contributed by atoms with Crippen LogP contribution in [0.4, 0.5) is 0 Å². The fourth-order valence-corrected chi connectivity index (χ4v) is 4.01. The molecule has 0 saturated carbocycles. The highest BCUT2D eigenvalue weighted by Crippen LogP contribution is 2.26. The van der Waals surface area contributed by atoms with E-state index >= 15 is 0 Å². The number of aryl methyl sites for hydroxylation is 2. The van der Waals surface area contributed by atoms with Gasteiger partial charge in [-0.05, 0) is 57.4 Å². The lowest BCUT2D eigenvalue weighted by molar-refractivity contribution is -0.122. The number of amides is 1. The number of rotatable bonds is 8. The molecule has 3 rings (SSSR count). The first kappa shape index (κ1) is 23.1. The molecule has 31 heavy (non-hydrogen) atoms. The van der Waals surface area contributed by atoms with Gasteiger partial charge in [0.15, 0.2) is 0 Å². The van der Waals surface area contributed by atoms with Crippen molar-refractivity contribution in [1.82, 2.24) is 10.2 Å². The van der Waals surface area contributed by atoms with Crippen LogP contribution in [0.2, 0.25) is 0 Å². The number of benzene rings is 2. The smallest absolute Gasteiger partial charge is 0.234 e. The van der Waals surface area contributed by atoms with Gasteiger partial charge in [0.25, 0.3) is 0 Å². The second-order valence-corrected chi connectivity index (χ2v) is 8.50. The zero-order chi connectivity index (χ0) is 22.3. The van der Waals surface area contributed by atoms with E-state index in [1.807, 2.05) is 43.3 Å². The van der Waals surface area contributed by atoms with E-state index < -0.39 is 5.60 Å². The Bertz CT molecular complexity index is 886. The quantitative estimate of drug-likeness (QED) is 0.678. The van der Waals surface area contributed by atoms with E-state index in [-0.39, 0.29) is 12.5 Å². The van der Waals surface area contributed by atoms with Crippen LogP contribution >= 0.6 is 0 Å². The number of likely N-dealkylation sites (tertiary alicyclic amines) is 1. The molecule has 0 radical (unpaired) electrons. The maximum Gasteiger partial charge on any atom is 0.234 e. The molecule has 2 aromatic carbocycles. The Balaban J connectivity index is 1.47. The lowest BCUT2D eigenvalue weighted by Gasteiger charge is -2.27. The summed E-state index contributed by atoms with van der Waals surface area (Å²) >= 11 is 0. The summed E-state index contributed by atoms with van der Waals surface area (Å²) in [7, 11) is 1.63. The van der Waals surface area contributed by atoms with Gasteiger partial charge in [0, 0.05) is 18.7 Å². The van der Waals surface area contributed by atoms with Crippen molar-refractivity contribution in [3.63, 3.8) is 0 Å². The topological polar surface area (TPSA) is 71.0 Å². The molecule has 2 N–H and O–H groups in total. The average Bonchev–Trinajstić information content (AvgIpc) is 2.93. The number of methoxy groups -OCH3 is 1. The van der Waals surface area contributed by atoms with Crippen LogP contribution in [-0.4, -0.2) is 54.9 Å². The minimum Gasteiger partial charge on any atom is -0.496 e. The van der Waals surface area contributed by atoms with Crippen LogP contribution in [-0.2, 0) is 11.3 Å². The van der Waals surface area contributed by atoms with E-state index in [1.165, 1.54) is 5.56 Å². The van der Waals surface area contributed by atoms with Gasteiger partial charge in [-0.3, -0.25) is 9.69 Å². The molecule has 0 spiro atoms. The molecule has 1 saturated heterocycles. The first-order valence-corrected chi connectivity index (χ1v) is 10.9. The van der Waals surface area contributed by atoms with Crippen LogP contribution in [0.15, 0.2) is 42.5 Å². The zero-order valence-corrected chi connectivity index (χ0v) is 18.8. The number of para-hydroxylation sites is 1. The van der Waals surface area contributed by atoms with Gasteiger partial charge in [0.1, 0.15) is 18.1 Å². The molecule has 1 fully saturated rings. The first-order chi connectivity index (χ1) is 14.9. The standard InChI is InChI=1S/C25H34N2O4/c1-19-9-10-22(20(2)15-19)31-18-25(29)11-6-13-27(14-12-25)17-24(28)26-16-21-7-4-5-8-23(21)30-3/h4-5,7-10,15,29H,6,11-14,16-18H2,1-3H3,(H,26,28)/t25-/m1/s1. The summed E-state index contributed by atoms with van der Waals surface area (Å²) in [6, 6.07) is 13.7. The van der Waals surface area contributed by atoms with Crippen molar-refractivity contribution in [1.29, 1.82) is 0 Å². The SMILES string of the molecule is COc1ccccc1CNC(=O)CN1CCC[C@](O)(COc2ccc(C)cc2C)CC1. The third kappa shape index (κ3) is 6.71. The lowest BCUT2D eigenvalue weighted by Crippen LogP contribution is -2.40. The number of nitrogens with zero attached hydrogens (tertiary/aromatic N) is 1. The summed E-state index contributed by atoms with van der Waals surface area (Å²) in [5.41, 5.74) is 2.34. The van der Waals surface area contributed by atoms with Gasteiger partial charge in [-0.1, -0.05) is 35.9 Å². The molecular weight excluding hydrogens is 392 g/mol. The van der Waals surface area contributed by atoms with E-state index in [0.717, 1.165) is 35.6 Å². The van der Waals surface area contributed by atoms with Gasteiger partial charge in [0.05, 0.1) is 19.3 Å². The fraction of sp³-hybridized carbons (Fsp3) is 0.480. The second kappa shape index (κ2) is 10.6. The first-order valence-electron chi connectivity index (χ1n) is 10.9. The van der Waals surface area contributed by atoms with E-state index in [2.05, 4.69) is 23.2 Å². The molecule has 168 valence electrons. The van der Waals surface area contributed by atoms with Crippen molar-refractivity contribution >= 4 is 5.91 Å². The molecule has 1 aliphatic heterocycles. The molecule has 0 aromatic heterocycles. The van der Waals surface area contributed by atoms with E-state index in [0.29, 0.717) is 32.5 Å². The lowest BCUT2D eigenvalue weighted by atomic mass is 9.96. The van der Waals surface area contributed by atoms with Crippen LogP contribution in [0.1, 0.15) is 36.0 Å². The predicted octanol–water partition coefficient (Wildman–Crippen LogP) is 3.22. The fourth-order valence-electron chi connectivity index (χ4n) is 4.01. The van der Waals surface area contributed by atoms with Crippen molar-refractivity contribution in [3.05, 3.63) is 59.2 Å². The molecule has 1 heterocycles. The Morgan fingerprint density at radius 2 is 1.94 bits per heavy atom. The number of hydrogen-bond donors (Lipinski definition) is 2. The van der Waals surface area contributed by atoms with Crippen LogP contribution in [0.5, 0.6) is 11.5 Å². The highest BCUT2D eigenvalue weighted by Gasteiger charge is 2.31. The maximum absolute atomic E-state index is 12.5. The maximum atomic E-state index is 12.5. The molecule has 1 atom stereocenters. The molecule has 1 amide bonds. The second-order valence-electron chi connectivity index (χ2n) is 8.50. The normalized spacial score (nSPS) is 19.5. The third-order valence-electron chi connectivity index (χ3n) is 5.87. The summed E-state index contributed by atoms with van der Waals surface area (Å²) in [6.07, 6.45) is 2.07. The van der Waals surface area contributed by atoms with E-state index in [4.69, 9.17) is 9.47 Å². The van der Waals surface area contributed by atoms with Crippen LogP contribution in [0, 0.1) is 13.8 Å². The van der Waals surface area contributed by atoms with Gasteiger partial charge in [0.2, 0.25) is 5.91 Å². The van der Waals surface area contributed by atoms with Gasteiger partial charge in [-0.2, -0.15) is 0 Å². The number of ether oxygens (including phenoxy) is 2. The van der Waals surface area contributed by atoms with Crippen LogP contribution in [0.3, 0.4) is 0 Å². The average molecular weight is 427 g/mol. The molecular formula is C25H34N2O4. The van der Waals surface area contributed by atoms with E-state index in [1.54, 1.807) is 7.11 Å². The number of nitrogens with one attached hydrogen (secondary N) is 1. The Labute approximate surface area is 185 Å². The van der Waals surface area contributed by atoms with Gasteiger partial charge >= 0.3 is 0 Å². The van der Waals surface area contributed by atoms with Crippen molar-refractivity contribution in [3.8, 4) is 11.5 Å². The Morgan fingerprint density at radius 1 is 1.13 bits per heavy atom. The monoisotopic (exact) mass is 426 g/mol. The predicted molar refractivity (Wildman–Crippen MR) is 121 cm³/mol. The molecule has 6 heteroatoms. The van der Waals surface area contributed by atoms with Gasteiger partial charge in [-0.15, -0.1) is 0 Å². The van der Waals surface area contributed by atoms with Crippen LogP contribution < -0.4 is 14.8 Å². The minimum absolute atomic E-state index is 0.0251. The summed E-state index contributed by atoms with van der Waals surface area (Å²) in [5.74, 6) is 1.56. The molecule has 0 aliphatic carbocycles. The molecule has 1 aliphatic rings. The number of carbonyl (C=O) groups is 1. The Hall–Kier alpha value is -2.57. The largest absolute Gasteiger partial charge is 0.496 e. The number of hydrogen-bond acceptors (Lipinski definition) is 5. The van der Waals surface area contributed by atoms with Crippen molar-refractivity contribution in [2.45, 2.75) is 45.3 Å². The van der Waals surface area contributed by atoms with E-state index in [9.17, 15) is 9.90 Å². The third-order valence-corrected chi connectivity index (χ3v) is 5.87. The summed E-state index contributed by atoms with van der Waals surface area (Å²) < 4.78 is 11.3. The van der Waals surface area contributed by atoms with Gasteiger partial charge in [-0.25, -0.2) is 0 Å². The molecule has 0 bridgehead atoms. The van der Waals surface area contributed by atoms with Crippen molar-refractivity contribution < 1.29 is 19.4 Å². The minimum atomic E-state index is -0.875. The highest BCUT2D eigenvalue weighted by molar-refractivity contribution is 5.78. The zero-order valence-electron chi connectivity index (χ0n) is 18.8. The molecule has 6 nitrogen and oxygen atoms in total. The summed E-state index contributed by atoms with van der Waals surface area (Å²) in [4.78, 5) is 14.6. The van der Waals surface area contributed by atoms with Crippen molar-refractivity contribution in [2.75, 3.05) is 33.4 Å². The van der Waals surface area contributed by atoms with Gasteiger partial charge < -0.3 is 19.9 Å². The van der Waals surface area contributed by atoms with Crippen LogP contribution in [0.25, 0.3) is 0 Å². The molecule has 2 aromatic rings. The summed E-state index contributed by atoms with van der Waals surface area (Å²) in [6.45, 7) is 6.54. The van der Waals surface area contributed by atoms with Crippen molar-refractivity contribution in [2.24, 2.45) is 0 Å².